The molecule has 1 atom stereocenters. The Bertz CT molecular complexity index is 363. The van der Waals surface area contributed by atoms with Crippen LogP contribution in [0.3, 0.4) is 0 Å². The standard InChI is InChI=1S/C11H14N2O3/c1-11(12,8-14)13-10(15)16-7-9-5-3-2-4-6-9/h2-6,8H,7,12H2,1H3,(H,13,15)/t11-/m1/s1. The van der Waals surface area contributed by atoms with Crippen molar-refractivity contribution in [3.05, 3.63) is 35.9 Å². The molecule has 5 heteroatoms. The lowest BCUT2D eigenvalue weighted by Gasteiger charge is -2.18. The van der Waals surface area contributed by atoms with Crippen LogP contribution in [0, 0.1) is 0 Å². The molecule has 1 rings (SSSR count). The van der Waals surface area contributed by atoms with Gasteiger partial charge in [-0.05, 0) is 12.5 Å². The fourth-order valence-electron chi connectivity index (χ4n) is 1.01. The number of hydrogen-bond donors (Lipinski definition) is 2. The predicted molar refractivity (Wildman–Crippen MR) is 58.4 cm³/mol. The molecule has 0 aromatic heterocycles. The summed E-state index contributed by atoms with van der Waals surface area (Å²) in [5, 5.41) is 2.22. The first-order valence-electron chi connectivity index (χ1n) is 4.77. The molecule has 1 amide bonds. The van der Waals surface area contributed by atoms with Gasteiger partial charge in [0.15, 0.2) is 6.29 Å². The minimum Gasteiger partial charge on any atom is -0.445 e. The van der Waals surface area contributed by atoms with E-state index in [-0.39, 0.29) is 6.61 Å². The number of carbonyl (C=O) groups excluding carboxylic acids is 2. The number of amides is 1. The highest BCUT2D eigenvalue weighted by molar-refractivity contribution is 5.75. The van der Waals surface area contributed by atoms with Crippen LogP contribution in [0.5, 0.6) is 0 Å². The van der Waals surface area contributed by atoms with E-state index in [1.54, 1.807) is 0 Å². The monoisotopic (exact) mass is 222 g/mol. The molecular formula is C11H14N2O3. The summed E-state index contributed by atoms with van der Waals surface area (Å²) in [5.74, 6) is 0. The van der Waals surface area contributed by atoms with Crippen LogP contribution < -0.4 is 11.1 Å². The zero-order valence-electron chi connectivity index (χ0n) is 8.97. The quantitative estimate of drug-likeness (QED) is 0.583. The summed E-state index contributed by atoms with van der Waals surface area (Å²) in [7, 11) is 0. The summed E-state index contributed by atoms with van der Waals surface area (Å²) in [4.78, 5) is 21.7. The van der Waals surface area contributed by atoms with Crippen molar-refractivity contribution in [3.8, 4) is 0 Å². The van der Waals surface area contributed by atoms with E-state index in [9.17, 15) is 9.59 Å². The third kappa shape index (κ3) is 4.10. The molecule has 0 aliphatic rings. The van der Waals surface area contributed by atoms with Crippen LogP contribution in [0.2, 0.25) is 0 Å². The summed E-state index contributed by atoms with van der Waals surface area (Å²) >= 11 is 0. The SMILES string of the molecule is C[C@](N)(C=O)NC(=O)OCc1ccccc1. The Morgan fingerprint density at radius 2 is 2.12 bits per heavy atom. The first-order chi connectivity index (χ1) is 7.53. The number of carbonyl (C=O) groups is 2. The number of ether oxygens (including phenoxy) is 1. The van der Waals surface area contributed by atoms with Gasteiger partial charge >= 0.3 is 6.09 Å². The topological polar surface area (TPSA) is 81.4 Å². The molecule has 1 aromatic carbocycles. The highest BCUT2D eigenvalue weighted by atomic mass is 16.5. The highest BCUT2D eigenvalue weighted by Crippen LogP contribution is 2.01. The molecule has 3 N–H and O–H groups in total. The van der Waals surface area contributed by atoms with Gasteiger partial charge in [0, 0.05) is 0 Å². The number of hydrogen-bond acceptors (Lipinski definition) is 4. The molecule has 0 fully saturated rings. The van der Waals surface area contributed by atoms with Crippen molar-refractivity contribution in [2.75, 3.05) is 0 Å². The average Bonchev–Trinajstić information content (AvgIpc) is 2.27. The third-order valence-corrected chi connectivity index (χ3v) is 1.83. The van der Waals surface area contributed by atoms with Crippen molar-refractivity contribution in [2.45, 2.75) is 19.2 Å². The van der Waals surface area contributed by atoms with Gasteiger partial charge in [-0.1, -0.05) is 30.3 Å². The first kappa shape index (κ1) is 12.2. The maximum absolute atomic E-state index is 11.2. The van der Waals surface area contributed by atoms with Gasteiger partial charge in [0.1, 0.15) is 12.3 Å². The molecule has 0 heterocycles. The number of benzene rings is 1. The van der Waals surface area contributed by atoms with Crippen molar-refractivity contribution < 1.29 is 14.3 Å². The van der Waals surface area contributed by atoms with E-state index in [1.807, 2.05) is 30.3 Å². The van der Waals surface area contributed by atoms with E-state index >= 15 is 0 Å². The van der Waals surface area contributed by atoms with E-state index in [0.717, 1.165) is 5.56 Å². The van der Waals surface area contributed by atoms with E-state index in [2.05, 4.69) is 5.32 Å². The highest BCUT2D eigenvalue weighted by Gasteiger charge is 2.20. The molecule has 16 heavy (non-hydrogen) atoms. The molecule has 0 saturated carbocycles. The van der Waals surface area contributed by atoms with E-state index in [4.69, 9.17) is 10.5 Å². The molecule has 1 aromatic rings. The smallest absolute Gasteiger partial charge is 0.409 e. The summed E-state index contributed by atoms with van der Waals surface area (Å²) in [5.41, 5.74) is 4.87. The molecule has 0 aliphatic heterocycles. The Labute approximate surface area is 93.6 Å². The second kappa shape index (κ2) is 5.27. The lowest BCUT2D eigenvalue weighted by molar-refractivity contribution is -0.112. The normalized spacial score (nSPS) is 13.6. The Morgan fingerprint density at radius 3 is 2.69 bits per heavy atom. The molecular weight excluding hydrogens is 208 g/mol. The van der Waals surface area contributed by atoms with Crippen LogP contribution in [-0.4, -0.2) is 18.0 Å². The molecule has 0 aliphatic carbocycles. The lowest BCUT2D eigenvalue weighted by Crippen LogP contribution is -2.54. The lowest BCUT2D eigenvalue weighted by atomic mass is 10.2. The molecule has 0 spiro atoms. The fraction of sp³-hybridized carbons (Fsp3) is 0.273. The van der Waals surface area contributed by atoms with Gasteiger partial charge < -0.3 is 10.5 Å². The maximum Gasteiger partial charge on any atom is 0.409 e. The zero-order valence-corrected chi connectivity index (χ0v) is 8.97. The largest absolute Gasteiger partial charge is 0.445 e. The second-order valence-corrected chi connectivity index (χ2v) is 3.59. The Morgan fingerprint density at radius 1 is 1.50 bits per heavy atom. The molecule has 86 valence electrons. The van der Waals surface area contributed by atoms with Crippen LogP contribution in [-0.2, 0) is 16.1 Å². The Balaban J connectivity index is 2.39. The van der Waals surface area contributed by atoms with Crippen LogP contribution >= 0.6 is 0 Å². The van der Waals surface area contributed by atoms with E-state index in [0.29, 0.717) is 6.29 Å². The summed E-state index contributed by atoms with van der Waals surface area (Å²) < 4.78 is 4.88. The molecule has 0 saturated heterocycles. The van der Waals surface area contributed by atoms with Gasteiger partial charge in [-0.3, -0.25) is 10.1 Å². The minimum absolute atomic E-state index is 0.140. The first-order valence-corrected chi connectivity index (χ1v) is 4.77. The van der Waals surface area contributed by atoms with E-state index < -0.39 is 11.8 Å². The van der Waals surface area contributed by atoms with Crippen LogP contribution in [0.1, 0.15) is 12.5 Å². The van der Waals surface area contributed by atoms with Crippen molar-refractivity contribution >= 4 is 12.4 Å². The van der Waals surface area contributed by atoms with Gasteiger partial charge in [-0.15, -0.1) is 0 Å². The Kier molecular flexibility index (Phi) is 4.02. The number of aldehydes is 1. The zero-order chi connectivity index (χ0) is 12.0. The number of alkyl carbamates (subject to hydrolysis) is 1. The number of rotatable bonds is 4. The molecule has 0 bridgehead atoms. The van der Waals surface area contributed by atoms with Crippen molar-refractivity contribution in [2.24, 2.45) is 5.73 Å². The van der Waals surface area contributed by atoms with Gasteiger partial charge in [0.25, 0.3) is 0 Å². The van der Waals surface area contributed by atoms with Crippen LogP contribution in [0.4, 0.5) is 4.79 Å². The summed E-state index contributed by atoms with van der Waals surface area (Å²) in [6.45, 7) is 1.52. The number of nitrogens with two attached hydrogens (primary N) is 1. The summed E-state index contributed by atoms with van der Waals surface area (Å²) in [6.07, 6.45) is -0.280. The van der Waals surface area contributed by atoms with Crippen molar-refractivity contribution in [1.82, 2.24) is 5.32 Å². The van der Waals surface area contributed by atoms with Crippen LogP contribution in [0.25, 0.3) is 0 Å². The molecule has 0 radical (unpaired) electrons. The Hall–Kier alpha value is -1.88. The average molecular weight is 222 g/mol. The minimum atomic E-state index is -1.40. The van der Waals surface area contributed by atoms with Crippen molar-refractivity contribution in [3.63, 3.8) is 0 Å². The maximum atomic E-state index is 11.2. The second-order valence-electron chi connectivity index (χ2n) is 3.59. The van der Waals surface area contributed by atoms with Gasteiger partial charge in [0.05, 0.1) is 0 Å². The fourth-order valence-corrected chi connectivity index (χ4v) is 1.01. The van der Waals surface area contributed by atoms with Crippen LogP contribution in [0.15, 0.2) is 30.3 Å². The van der Waals surface area contributed by atoms with Crippen molar-refractivity contribution in [1.29, 1.82) is 0 Å². The van der Waals surface area contributed by atoms with Gasteiger partial charge in [-0.2, -0.15) is 0 Å². The predicted octanol–water partition coefficient (Wildman–Crippen LogP) is 0.787. The van der Waals surface area contributed by atoms with E-state index in [1.165, 1.54) is 6.92 Å². The summed E-state index contributed by atoms with van der Waals surface area (Å²) in [6, 6.07) is 9.21. The van der Waals surface area contributed by atoms with Gasteiger partial charge in [-0.25, -0.2) is 4.79 Å². The van der Waals surface area contributed by atoms with Gasteiger partial charge in [0.2, 0.25) is 0 Å². The molecule has 0 unspecified atom stereocenters. The number of nitrogens with one attached hydrogen (secondary N) is 1. The molecule has 5 nitrogen and oxygen atoms in total. The third-order valence-electron chi connectivity index (χ3n) is 1.83.